The maximum absolute atomic E-state index is 13.7. The van der Waals surface area contributed by atoms with Gasteiger partial charge in [-0.3, -0.25) is 19.3 Å². The Morgan fingerprint density at radius 1 is 1.02 bits per heavy atom. The van der Waals surface area contributed by atoms with Crippen LogP contribution in [-0.2, 0) is 36.9 Å². The van der Waals surface area contributed by atoms with E-state index in [2.05, 4.69) is 5.32 Å². The van der Waals surface area contributed by atoms with Crippen LogP contribution in [0.25, 0.3) is 0 Å². The predicted octanol–water partition coefficient (Wildman–Crippen LogP) is 2.12. The first kappa shape index (κ1) is 29.3. The van der Waals surface area contributed by atoms with Crippen LogP contribution in [0.15, 0.2) is 65.9 Å². The van der Waals surface area contributed by atoms with Crippen molar-refractivity contribution in [3.63, 3.8) is 0 Å². The number of fused-ring (bicyclic) bond motifs is 4. The van der Waals surface area contributed by atoms with Gasteiger partial charge in [0.15, 0.2) is 0 Å². The van der Waals surface area contributed by atoms with Crippen molar-refractivity contribution < 1.29 is 33.1 Å². The van der Waals surface area contributed by atoms with Gasteiger partial charge < -0.3 is 25.0 Å². The van der Waals surface area contributed by atoms with E-state index in [4.69, 9.17) is 15.2 Å². The Labute approximate surface area is 255 Å². The first-order chi connectivity index (χ1) is 20.7. The van der Waals surface area contributed by atoms with Crippen LogP contribution in [0, 0.1) is 5.41 Å². The third kappa shape index (κ3) is 5.63. The fourth-order valence-electron chi connectivity index (χ4n) is 6.81. The van der Waals surface area contributed by atoms with E-state index in [9.17, 15) is 19.2 Å². The molecule has 5 heterocycles. The van der Waals surface area contributed by atoms with Crippen molar-refractivity contribution in [3.8, 4) is 5.75 Å². The summed E-state index contributed by atoms with van der Waals surface area (Å²) < 4.78 is 11.8. The molecule has 0 spiro atoms. The summed E-state index contributed by atoms with van der Waals surface area (Å²) in [5.41, 5.74) is 8.18. The summed E-state index contributed by atoms with van der Waals surface area (Å²) in [5, 5.41) is 2.51. The number of ether oxygens (including phenoxy) is 2. The molecule has 0 aliphatic carbocycles. The normalized spacial score (nSPS) is 27.7. The van der Waals surface area contributed by atoms with Gasteiger partial charge in [-0.15, -0.1) is 11.8 Å². The molecular weight excluding hydrogens is 568 g/mol. The second kappa shape index (κ2) is 11.7. The molecule has 3 amide bonds. The van der Waals surface area contributed by atoms with Crippen LogP contribution in [-0.4, -0.2) is 83.5 Å². The molecule has 2 aromatic carbocycles. The summed E-state index contributed by atoms with van der Waals surface area (Å²) in [6.45, 7) is 3.08. The Morgan fingerprint density at radius 3 is 2.33 bits per heavy atom. The fourth-order valence-corrected chi connectivity index (χ4v) is 8.15. The molecule has 0 unspecified atom stereocenters. The number of nitrogens with one attached hydrogen (secondary N) is 1. The molecular formula is C32H37N4O6S+. The van der Waals surface area contributed by atoms with Gasteiger partial charge in [0.1, 0.15) is 36.0 Å². The largest absolute Gasteiger partial charge is 0.497 e. The van der Waals surface area contributed by atoms with E-state index in [1.54, 1.807) is 31.0 Å². The van der Waals surface area contributed by atoms with Crippen molar-refractivity contribution in [2.45, 2.75) is 43.7 Å². The highest BCUT2D eigenvalue weighted by Gasteiger charge is 2.57. The number of benzene rings is 2. The lowest BCUT2D eigenvalue weighted by molar-refractivity contribution is -0.940. The molecule has 7 rings (SSSR count). The number of carbonyl (C=O) groups is 4. The van der Waals surface area contributed by atoms with Gasteiger partial charge in [-0.1, -0.05) is 42.5 Å². The second-order valence-corrected chi connectivity index (χ2v) is 13.2. The van der Waals surface area contributed by atoms with Crippen molar-refractivity contribution >= 4 is 35.5 Å². The summed E-state index contributed by atoms with van der Waals surface area (Å²) in [6.07, 6.45) is 2.38. The Bertz CT molecular complexity index is 1440. The SMILES string of the molecule is COc1ccc(COC(=O)C2=C(C[N+]34CCC(C(N)=O)(CC3)CC4)CS[C@H]3[C@H](NC(=O)Cc4ccccc4)C(=O)N23)cc1. The maximum atomic E-state index is 13.7. The molecule has 43 heavy (non-hydrogen) atoms. The van der Waals surface area contributed by atoms with E-state index in [-0.39, 0.29) is 36.1 Å². The number of hydrogen-bond donors (Lipinski definition) is 2. The Morgan fingerprint density at radius 2 is 1.70 bits per heavy atom. The standard InChI is InChI=1S/C32H36N4O6S/c1-41-24-9-7-22(8-10-24)19-42-30(39)27-23(18-36-14-11-32(12-15-36,13-16-36)31(33)40)20-43-29-26(28(38)35(27)29)34-25(37)17-21-5-3-2-4-6-21/h2-10,26,29H,11-20H2,1H3,(H2-,33,34,37,40)/p+1/t26-,29+,32?,36?/m1/s1. The van der Waals surface area contributed by atoms with Crippen LogP contribution >= 0.6 is 11.8 Å². The molecule has 2 atom stereocenters. The molecule has 4 fully saturated rings. The third-order valence-corrected chi connectivity index (χ3v) is 10.9. The Balaban J connectivity index is 1.21. The quantitative estimate of drug-likeness (QED) is 0.241. The average molecular weight is 606 g/mol. The van der Waals surface area contributed by atoms with Crippen LogP contribution < -0.4 is 15.8 Å². The zero-order valence-electron chi connectivity index (χ0n) is 24.3. The number of thioether (sulfide) groups is 1. The number of nitrogens with two attached hydrogens (primary N) is 1. The number of quaternary nitrogens is 1. The van der Waals surface area contributed by atoms with Gasteiger partial charge in [0.2, 0.25) is 11.8 Å². The summed E-state index contributed by atoms with van der Waals surface area (Å²) in [6, 6.07) is 15.9. The van der Waals surface area contributed by atoms with E-state index in [0.717, 1.165) is 60.1 Å². The number of piperidine rings is 3. The monoisotopic (exact) mass is 605 g/mol. The summed E-state index contributed by atoms with van der Waals surface area (Å²) in [4.78, 5) is 53.8. The third-order valence-electron chi connectivity index (χ3n) is 9.54. The van der Waals surface area contributed by atoms with Crippen molar-refractivity contribution in [2.75, 3.05) is 39.0 Å². The maximum Gasteiger partial charge on any atom is 0.355 e. The number of rotatable bonds is 10. The molecule has 2 aromatic rings. The zero-order chi connectivity index (χ0) is 30.2. The number of primary amides is 1. The van der Waals surface area contributed by atoms with Gasteiger partial charge in [0.05, 0.1) is 38.6 Å². The summed E-state index contributed by atoms with van der Waals surface area (Å²) in [7, 11) is 1.59. The molecule has 226 valence electrons. The van der Waals surface area contributed by atoms with E-state index < -0.39 is 17.4 Å². The Hall–Kier alpha value is -3.83. The van der Waals surface area contributed by atoms with Crippen molar-refractivity contribution in [2.24, 2.45) is 11.1 Å². The lowest BCUT2D eigenvalue weighted by Crippen LogP contribution is -2.71. The topological polar surface area (TPSA) is 128 Å². The summed E-state index contributed by atoms with van der Waals surface area (Å²) in [5.74, 6) is -0.0467. The van der Waals surface area contributed by atoms with Gasteiger partial charge in [-0.25, -0.2) is 4.79 Å². The minimum atomic E-state index is -0.708. The van der Waals surface area contributed by atoms with E-state index in [1.807, 2.05) is 42.5 Å². The zero-order valence-corrected chi connectivity index (χ0v) is 25.1. The lowest BCUT2D eigenvalue weighted by Gasteiger charge is -2.55. The molecule has 10 nitrogen and oxygen atoms in total. The van der Waals surface area contributed by atoms with Gasteiger partial charge in [-0.05, 0) is 23.3 Å². The number of β-lactam (4-membered cyclic amide) rings is 1. The fraction of sp³-hybridized carbons (Fsp3) is 0.438. The first-order valence-corrected chi connectivity index (χ1v) is 15.7. The van der Waals surface area contributed by atoms with Crippen LogP contribution in [0.2, 0.25) is 0 Å². The highest BCUT2D eigenvalue weighted by atomic mass is 32.2. The van der Waals surface area contributed by atoms with Crippen LogP contribution in [0.5, 0.6) is 5.75 Å². The van der Waals surface area contributed by atoms with Crippen molar-refractivity contribution in [1.82, 2.24) is 10.2 Å². The first-order valence-electron chi connectivity index (χ1n) is 14.7. The van der Waals surface area contributed by atoms with Crippen molar-refractivity contribution in [1.29, 1.82) is 0 Å². The number of methoxy groups -OCH3 is 1. The highest BCUT2D eigenvalue weighted by molar-refractivity contribution is 8.00. The van der Waals surface area contributed by atoms with Crippen LogP contribution in [0.3, 0.4) is 0 Å². The van der Waals surface area contributed by atoms with Crippen LogP contribution in [0.1, 0.15) is 30.4 Å². The van der Waals surface area contributed by atoms with Crippen molar-refractivity contribution in [3.05, 3.63) is 77.0 Å². The molecule has 5 aliphatic heterocycles. The molecule has 0 aromatic heterocycles. The average Bonchev–Trinajstić information content (AvgIpc) is 3.03. The predicted molar refractivity (Wildman–Crippen MR) is 160 cm³/mol. The number of carbonyl (C=O) groups excluding carboxylic acids is 4. The molecule has 3 N–H and O–H groups in total. The number of nitrogens with zero attached hydrogens (tertiary/aromatic N) is 2. The number of esters is 1. The number of hydrogen-bond acceptors (Lipinski definition) is 7. The van der Waals surface area contributed by atoms with E-state index in [1.165, 1.54) is 4.90 Å². The van der Waals surface area contributed by atoms with Gasteiger partial charge in [0.25, 0.3) is 5.91 Å². The highest BCUT2D eigenvalue weighted by Crippen LogP contribution is 2.46. The minimum Gasteiger partial charge on any atom is -0.497 e. The molecule has 0 saturated carbocycles. The number of amides is 3. The van der Waals surface area contributed by atoms with Gasteiger partial charge in [0, 0.05) is 30.6 Å². The van der Waals surface area contributed by atoms with E-state index >= 15 is 0 Å². The molecule has 4 saturated heterocycles. The summed E-state index contributed by atoms with van der Waals surface area (Å²) >= 11 is 1.56. The molecule has 0 radical (unpaired) electrons. The molecule has 2 bridgehead atoms. The minimum absolute atomic E-state index is 0.0534. The van der Waals surface area contributed by atoms with Gasteiger partial charge in [-0.2, -0.15) is 0 Å². The lowest BCUT2D eigenvalue weighted by atomic mass is 9.70. The van der Waals surface area contributed by atoms with Gasteiger partial charge >= 0.3 is 5.97 Å². The smallest absolute Gasteiger partial charge is 0.355 e. The second-order valence-electron chi connectivity index (χ2n) is 12.1. The van der Waals surface area contributed by atoms with Crippen LogP contribution in [0.4, 0.5) is 0 Å². The molecule has 5 aliphatic rings. The Kier molecular flexibility index (Phi) is 7.95. The van der Waals surface area contributed by atoms with E-state index in [0.29, 0.717) is 23.7 Å². The molecule has 11 heteroatoms.